The van der Waals surface area contributed by atoms with Crippen molar-refractivity contribution in [1.29, 1.82) is 0 Å². The summed E-state index contributed by atoms with van der Waals surface area (Å²) in [6.45, 7) is 4.63. The Bertz CT molecular complexity index is 738. The average Bonchev–Trinajstić information content (AvgIpc) is 2.86. The van der Waals surface area contributed by atoms with Crippen LogP contribution in [0.5, 0.6) is 5.75 Å². The van der Waals surface area contributed by atoms with Crippen LogP contribution in [-0.2, 0) is 11.1 Å². The Kier molecular flexibility index (Phi) is 2.39. The highest BCUT2D eigenvalue weighted by Crippen LogP contribution is 2.63. The Morgan fingerprint density at radius 2 is 1.67 bits per heavy atom. The van der Waals surface area contributed by atoms with Gasteiger partial charge in [0.15, 0.2) is 0 Å². The predicted molar refractivity (Wildman–Crippen MR) is 84.7 cm³/mol. The highest BCUT2D eigenvalue weighted by molar-refractivity contribution is 5.65. The third kappa shape index (κ3) is 1.20. The highest BCUT2D eigenvalue weighted by atomic mass is 16.5. The molecule has 2 unspecified atom stereocenters. The molecular weight excluding hydrogens is 258 g/mol. The van der Waals surface area contributed by atoms with Gasteiger partial charge in [0.2, 0.25) is 0 Å². The molecular formula is C19H21NO. The van der Waals surface area contributed by atoms with Crippen molar-refractivity contribution >= 4 is 0 Å². The fraction of sp³-hybridized carbons (Fsp3) is 0.368. The number of hydrogen-bond donors (Lipinski definition) is 0. The van der Waals surface area contributed by atoms with Crippen molar-refractivity contribution in [1.82, 2.24) is 4.90 Å². The lowest BCUT2D eigenvalue weighted by molar-refractivity contribution is 0.119. The lowest BCUT2D eigenvalue weighted by Gasteiger charge is -2.35. The van der Waals surface area contributed by atoms with Gasteiger partial charge in [-0.15, -0.1) is 0 Å². The molecule has 2 heteroatoms. The Hall–Kier alpha value is -1.80. The zero-order chi connectivity index (χ0) is 14.8. The van der Waals surface area contributed by atoms with E-state index in [0.29, 0.717) is 0 Å². The topological polar surface area (TPSA) is 12.5 Å². The van der Waals surface area contributed by atoms with Crippen molar-refractivity contribution in [3.8, 4) is 5.75 Å². The molecule has 2 bridgehead atoms. The van der Waals surface area contributed by atoms with E-state index in [4.69, 9.17) is 4.74 Å². The number of nitrogens with zero attached hydrogens (tertiary/aromatic N) is 1. The normalized spacial score (nSPS) is 29.3. The predicted octanol–water partition coefficient (Wildman–Crippen LogP) is 3.87. The molecule has 0 fully saturated rings. The number of fused-ring (bicyclic) bond motifs is 8. The third-order valence-electron chi connectivity index (χ3n) is 5.85. The first-order valence-corrected chi connectivity index (χ1v) is 7.63. The minimum absolute atomic E-state index is 0.00689. The maximum Gasteiger partial charge on any atom is 0.119 e. The van der Waals surface area contributed by atoms with Crippen LogP contribution in [0.3, 0.4) is 0 Å². The van der Waals surface area contributed by atoms with Gasteiger partial charge in [-0.05, 0) is 54.8 Å². The number of benzene rings is 2. The number of ether oxygens (including phenoxy) is 1. The molecule has 4 rings (SSSR count). The third-order valence-corrected chi connectivity index (χ3v) is 5.85. The Balaban J connectivity index is 2.11. The molecule has 2 aromatic carbocycles. The van der Waals surface area contributed by atoms with Crippen molar-refractivity contribution in [3.05, 3.63) is 64.7 Å². The number of rotatable bonds is 2. The van der Waals surface area contributed by atoms with E-state index >= 15 is 0 Å². The Morgan fingerprint density at radius 3 is 2.33 bits per heavy atom. The summed E-state index contributed by atoms with van der Waals surface area (Å²) in [6, 6.07) is 15.5. The molecule has 2 aliphatic heterocycles. The maximum atomic E-state index is 5.46. The zero-order valence-corrected chi connectivity index (χ0v) is 13.1. The fourth-order valence-electron chi connectivity index (χ4n) is 4.69. The summed E-state index contributed by atoms with van der Waals surface area (Å²) < 4.78 is 5.46. The molecule has 2 nitrogen and oxygen atoms in total. The Morgan fingerprint density at radius 1 is 1.00 bits per heavy atom. The van der Waals surface area contributed by atoms with Gasteiger partial charge >= 0.3 is 0 Å². The van der Waals surface area contributed by atoms with Crippen LogP contribution in [0.15, 0.2) is 42.5 Å². The van der Waals surface area contributed by atoms with Gasteiger partial charge in [-0.2, -0.15) is 0 Å². The molecule has 2 atom stereocenters. The molecule has 0 spiro atoms. The summed E-state index contributed by atoms with van der Waals surface area (Å²) in [5, 5.41) is 0. The van der Waals surface area contributed by atoms with Gasteiger partial charge in [0.1, 0.15) is 5.75 Å². The molecule has 108 valence electrons. The van der Waals surface area contributed by atoms with Gasteiger partial charge in [0.05, 0.1) is 18.2 Å². The summed E-state index contributed by atoms with van der Waals surface area (Å²) in [4.78, 5) is 2.55. The largest absolute Gasteiger partial charge is 0.497 e. The van der Waals surface area contributed by atoms with Crippen LogP contribution < -0.4 is 4.74 Å². The van der Waals surface area contributed by atoms with Gasteiger partial charge in [-0.1, -0.05) is 37.3 Å². The van der Waals surface area contributed by atoms with Crippen LogP contribution in [0, 0.1) is 0 Å². The first-order valence-electron chi connectivity index (χ1n) is 7.63. The highest BCUT2D eigenvalue weighted by Gasteiger charge is 2.62. The molecule has 0 aromatic heterocycles. The summed E-state index contributed by atoms with van der Waals surface area (Å²) in [5.74, 6) is 0.944. The second kappa shape index (κ2) is 3.89. The van der Waals surface area contributed by atoms with Crippen LogP contribution in [0.1, 0.15) is 42.5 Å². The maximum absolute atomic E-state index is 5.46. The molecule has 0 radical (unpaired) electrons. The van der Waals surface area contributed by atoms with Crippen LogP contribution in [0.25, 0.3) is 0 Å². The van der Waals surface area contributed by atoms with E-state index in [2.05, 4.69) is 68.3 Å². The molecule has 0 saturated carbocycles. The molecule has 0 N–H and O–H groups in total. The summed E-state index contributed by atoms with van der Waals surface area (Å²) in [7, 11) is 4.00. The van der Waals surface area contributed by atoms with Crippen molar-refractivity contribution < 1.29 is 4.74 Å². The van der Waals surface area contributed by atoms with Gasteiger partial charge < -0.3 is 4.74 Å². The molecule has 0 aliphatic carbocycles. The lowest BCUT2D eigenvalue weighted by atomic mass is 9.72. The van der Waals surface area contributed by atoms with Crippen LogP contribution in [-0.4, -0.2) is 19.1 Å². The molecule has 2 aromatic rings. The standard InChI is InChI=1S/C19H21NO/c1-5-19-15-9-7-6-8-14(15)18(2,20(19)3)17-12-13(21-4)10-11-16(17)19/h6-12H,5H2,1-4H3. The van der Waals surface area contributed by atoms with E-state index in [9.17, 15) is 0 Å². The average molecular weight is 279 g/mol. The van der Waals surface area contributed by atoms with Gasteiger partial charge in [-0.25, -0.2) is 0 Å². The van der Waals surface area contributed by atoms with E-state index in [1.54, 1.807) is 7.11 Å². The first kappa shape index (κ1) is 12.9. The van der Waals surface area contributed by atoms with Crippen LogP contribution in [0.2, 0.25) is 0 Å². The lowest BCUT2D eigenvalue weighted by Crippen LogP contribution is -2.40. The van der Waals surface area contributed by atoms with E-state index in [0.717, 1.165) is 12.2 Å². The summed E-state index contributed by atoms with van der Waals surface area (Å²) in [5.41, 5.74) is 5.69. The number of hydrogen-bond acceptors (Lipinski definition) is 2. The van der Waals surface area contributed by atoms with Crippen LogP contribution >= 0.6 is 0 Å². The van der Waals surface area contributed by atoms with E-state index in [1.165, 1.54) is 22.3 Å². The number of methoxy groups -OCH3 is 1. The second-order valence-electron chi connectivity index (χ2n) is 6.30. The molecule has 2 aliphatic rings. The Labute approximate surface area is 126 Å². The van der Waals surface area contributed by atoms with Crippen molar-refractivity contribution in [2.24, 2.45) is 0 Å². The van der Waals surface area contributed by atoms with Gasteiger partial charge in [0, 0.05) is 0 Å². The van der Waals surface area contributed by atoms with E-state index in [-0.39, 0.29) is 11.1 Å². The molecule has 0 saturated heterocycles. The van der Waals surface area contributed by atoms with Crippen molar-refractivity contribution in [3.63, 3.8) is 0 Å². The fourth-order valence-corrected chi connectivity index (χ4v) is 4.69. The molecule has 0 amide bonds. The summed E-state index contributed by atoms with van der Waals surface area (Å²) in [6.07, 6.45) is 1.08. The molecule has 2 heterocycles. The van der Waals surface area contributed by atoms with Crippen LogP contribution in [0.4, 0.5) is 0 Å². The van der Waals surface area contributed by atoms with E-state index < -0.39 is 0 Å². The quantitative estimate of drug-likeness (QED) is 0.827. The first-order chi connectivity index (χ1) is 10.1. The van der Waals surface area contributed by atoms with Crippen molar-refractivity contribution in [2.75, 3.05) is 14.2 Å². The second-order valence-corrected chi connectivity index (χ2v) is 6.30. The van der Waals surface area contributed by atoms with Gasteiger partial charge in [0.25, 0.3) is 0 Å². The molecule has 21 heavy (non-hydrogen) atoms. The zero-order valence-electron chi connectivity index (χ0n) is 13.1. The SMILES string of the molecule is CCC12c3ccccc3C(C)(c3cc(OC)ccc31)N2C. The van der Waals surface area contributed by atoms with Gasteiger partial charge in [-0.3, -0.25) is 4.90 Å². The monoisotopic (exact) mass is 279 g/mol. The summed E-state index contributed by atoms with van der Waals surface area (Å²) >= 11 is 0. The van der Waals surface area contributed by atoms with Crippen molar-refractivity contribution in [2.45, 2.75) is 31.3 Å². The smallest absolute Gasteiger partial charge is 0.119 e. The minimum Gasteiger partial charge on any atom is -0.497 e. The van der Waals surface area contributed by atoms with E-state index in [1.807, 2.05) is 0 Å². The minimum atomic E-state index is -0.0591.